The summed E-state index contributed by atoms with van der Waals surface area (Å²) < 4.78 is 10.6. The van der Waals surface area contributed by atoms with Crippen LogP contribution >= 0.6 is 0 Å². The molecule has 2 rings (SSSR count). The molecule has 1 heterocycles. The second-order valence-corrected chi connectivity index (χ2v) is 4.89. The zero-order valence-corrected chi connectivity index (χ0v) is 12.0. The van der Waals surface area contributed by atoms with Crippen molar-refractivity contribution in [2.24, 2.45) is 0 Å². The lowest BCUT2D eigenvalue weighted by Crippen LogP contribution is -2.31. The molecule has 0 aliphatic heterocycles. The van der Waals surface area contributed by atoms with Crippen molar-refractivity contribution in [2.75, 3.05) is 6.61 Å². The Labute approximate surface area is 122 Å². The van der Waals surface area contributed by atoms with Gasteiger partial charge in [0.15, 0.2) is 11.5 Å². The maximum absolute atomic E-state index is 10.7. The highest BCUT2D eigenvalue weighted by Crippen LogP contribution is 2.11. The molecular weight excluding hydrogens is 272 g/mol. The molecule has 0 saturated carbocycles. The number of carboxylic acids is 1. The number of aryl methyl sites for hydroxylation is 1. The average molecular weight is 290 g/mol. The van der Waals surface area contributed by atoms with Crippen molar-refractivity contribution in [1.29, 1.82) is 0 Å². The van der Waals surface area contributed by atoms with E-state index in [-0.39, 0.29) is 11.7 Å². The summed E-state index contributed by atoms with van der Waals surface area (Å²) >= 11 is 0. The van der Waals surface area contributed by atoms with Gasteiger partial charge in [-0.2, -0.15) is 0 Å². The first-order chi connectivity index (χ1) is 10.0. The van der Waals surface area contributed by atoms with E-state index in [0.29, 0.717) is 18.9 Å². The summed E-state index contributed by atoms with van der Waals surface area (Å²) in [5.41, 5.74) is 1.10. The van der Waals surface area contributed by atoms with Gasteiger partial charge in [0.1, 0.15) is 12.4 Å². The number of aromatic nitrogens is 1. The molecule has 0 saturated heterocycles. The molecule has 2 aromatic rings. The van der Waals surface area contributed by atoms with Crippen molar-refractivity contribution >= 4 is 5.97 Å². The Hall–Kier alpha value is -2.34. The van der Waals surface area contributed by atoms with Crippen molar-refractivity contribution in [1.82, 2.24) is 10.5 Å². The van der Waals surface area contributed by atoms with Gasteiger partial charge in [0.2, 0.25) is 0 Å². The minimum Gasteiger partial charge on any atom is -0.492 e. The second kappa shape index (κ2) is 6.90. The van der Waals surface area contributed by atoms with Gasteiger partial charge in [0, 0.05) is 12.1 Å². The van der Waals surface area contributed by atoms with Crippen molar-refractivity contribution in [3.63, 3.8) is 0 Å². The highest BCUT2D eigenvalue weighted by atomic mass is 16.5. The maximum Gasteiger partial charge on any atom is 0.358 e. The number of carbonyl (C=O) groups is 1. The van der Waals surface area contributed by atoms with E-state index in [2.05, 4.69) is 10.5 Å². The van der Waals surface area contributed by atoms with Crippen LogP contribution in [0.3, 0.4) is 0 Å². The Morgan fingerprint density at radius 2 is 2.14 bits per heavy atom. The Morgan fingerprint density at radius 1 is 1.43 bits per heavy atom. The van der Waals surface area contributed by atoms with Crippen molar-refractivity contribution in [3.8, 4) is 5.75 Å². The molecule has 0 fully saturated rings. The van der Waals surface area contributed by atoms with Crippen molar-refractivity contribution in [2.45, 2.75) is 26.4 Å². The standard InChI is InChI=1S/C15H18N2O4/c1-10-3-5-12(6-4-10)20-9-11(2)16-8-13-7-14(15(18)19)17-21-13/h3-7,11,16H,8-9H2,1-2H3,(H,18,19). The molecule has 0 aliphatic rings. The van der Waals surface area contributed by atoms with Gasteiger partial charge in [0.25, 0.3) is 0 Å². The molecule has 0 spiro atoms. The molecule has 6 heteroatoms. The highest BCUT2D eigenvalue weighted by molar-refractivity contribution is 5.85. The van der Waals surface area contributed by atoms with Crippen LogP contribution in [0.5, 0.6) is 5.75 Å². The first kappa shape index (κ1) is 15.1. The fourth-order valence-electron chi connectivity index (χ4n) is 1.69. The number of benzene rings is 1. The zero-order valence-electron chi connectivity index (χ0n) is 12.0. The summed E-state index contributed by atoms with van der Waals surface area (Å²) in [6.07, 6.45) is 0. The molecule has 0 amide bonds. The molecule has 6 nitrogen and oxygen atoms in total. The number of rotatable bonds is 7. The molecule has 1 atom stereocenters. The molecule has 0 aliphatic carbocycles. The third-order valence-electron chi connectivity index (χ3n) is 2.92. The molecule has 21 heavy (non-hydrogen) atoms. The minimum atomic E-state index is -1.10. The molecule has 1 aromatic carbocycles. The van der Waals surface area contributed by atoms with Crippen LogP contribution in [0.2, 0.25) is 0 Å². The van der Waals surface area contributed by atoms with E-state index < -0.39 is 5.97 Å². The number of carboxylic acid groups (broad SMARTS) is 1. The van der Waals surface area contributed by atoms with Gasteiger partial charge < -0.3 is 19.7 Å². The Bertz CT molecular complexity index is 592. The predicted octanol–water partition coefficient (Wildman–Crippen LogP) is 2.24. The van der Waals surface area contributed by atoms with E-state index in [1.165, 1.54) is 11.6 Å². The summed E-state index contributed by atoms with van der Waals surface area (Å²) in [6, 6.07) is 9.34. The molecule has 0 bridgehead atoms. The Morgan fingerprint density at radius 3 is 2.76 bits per heavy atom. The molecule has 1 unspecified atom stereocenters. The van der Waals surface area contributed by atoms with E-state index in [4.69, 9.17) is 14.4 Å². The largest absolute Gasteiger partial charge is 0.492 e. The first-order valence-electron chi connectivity index (χ1n) is 6.66. The summed E-state index contributed by atoms with van der Waals surface area (Å²) in [6.45, 7) is 4.90. The fourth-order valence-corrected chi connectivity index (χ4v) is 1.69. The molecule has 112 valence electrons. The topological polar surface area (TPSA) is 84.6 Å². The number of nitrogens with zero attached hydrogens (tertiary/aromatic N) is 1. The third-order valence-corrected chi connectivity index (χ3v) is 2.92. The Kier molecular flexibility index (Phi) is 4.94. The van der Waals surface area contributed by atoms with Crippen LogP contribution in [0.4, 0.5) is 0 Å². The van der Waals surface area contributed by atoms with Crippen LogP contribution < -0.4 is 10.1 Å². The SMILES string of the molecule is Cc1ccc(OCC(C)NCc2cc(C(=O)O)no2)cc1. The molecule has 0 radical (unpaired) electrons. The van der Waals surface area contributed by atoms with Crippen LogP contribution in [0.25, 0.3) is 0 Å². The monoisotopic (exact) mass is 290 g/mol. The lowest BCUT2D eigenvalue weighted by atomic mass is 10.2. The van der Waals surface area contributed by atoms with E-state index in [9.17, 15) is 4.79 Å². The minimum absolute atomic E-state index is 0.0876. The van der Waals surface area contributed by atoms with Crippen LogP contribution in [-0.2, 0) is 6.54 Å². The van der Waals surface area contributed by atoms with E-state index >= 15 is 0 Å². The second-order valence-electron chi connectivity index (χ2n) is 4.89. The van der Waals surface area contributed by atoms with Crippen molar-refractivity contribution < 1.29 is 19.2 Å². The summed E-state index contributed by atoms with van der Waals surface area (Å²) in [5, 5.41) is 15.4. The highest BCUT2D eigenvalue weighted by Gasteiger charge is 2.11. The van der Waals surface area contributed by atoms with Crippen LogP contribution in [0.15, 0.2) is 34.9 Å². The van der Waals surface area contributed by atoms with Gasteiger partial charge in [0.05, 0.1) is 6.54 Å². The number of ether oxygens (including phenoxy) is 1. The third kappa shape index (κ3) is 4.61. The van der Waals surface area contributed by atoms with Gasteiger partial charge in [-0.15, -0.1) is 0 Å². The molecular formula is C15H18N2O4. The number of aromatic carboxylic acids is 1. The van der Waals surface area contributed by atoms with Gasteiger partial charge in [-0.05, 0) is 26.0 Å². The van der Waals surface area contributed by atoms with Crippen LogP contribution in [-0.4, -0.2) is 28.9 Å². The van der Waals surface area contributed by atoms with E-state index in [1.807, 2.05) is 38.1 Å². The van der Waals surface area contributed by atoms with Crippen LogP contribution in [0, 0.1) is 6.92 Å². The normalized spacial score (nSPS) is 12.1. The lowest BCUT2D eigenvalue weighted by molar-refractivity contribution is 0.0685. The molecule has 2 N–H and O–H groups in total. The van der Waals surface area contributed by atoms with Gasteiger partial charge in [-0.25, -0.2) is 4.79 Å². The fraction of sp³-hybridized carbons (Fsp3) is 0.333. The zero-order chi connectivity index (χ0) is 15.2. The predicted molar refractivity (Wildman–Crippen MR) is 76.4 cm³/mol. The number of nitrogens with one attached hydrogen (secondary N) is 1. The summed E-state index contributed by atoms with van der Waals surface area (Å²) in [5.74, 6) is 0.206. The first-order valence-corrected chi connectivity index (χ1v) is 6.66. The van der Waals surface area contributed by atoms with Gasteiger partial charge in [-0.3, -0.25) is 0 Å². The van der Waals surface area contributed by atoms with E-state index in [1.54, 1.807) is 0 Å². The Balaban J connectivity index is 1.75. The smallest absolute Gasteiger partial charge is 0.358 e. The summed E-state index contributed by atoms with van der Waals surface area (Å²) in [4.78, 5) is 10.7. The van der Waals surface area contributed by atoms with Crippen LogP contribution in [0.1, 0.15) is 28.7 Å². The number of hydrogen-bond donors (Lipinski definition) is 2. The molecule has 1 aromatic heterocycles. The quantitative estimate of drug-likeness (QED) is 0.813. The van der Waals surface area contributed by atoms with Gasteiger partial charge >= 0.3 is 5.97 Å². The maximum atomic E-state index is 10.7. The van der Waals surface area contributed by atoms with Crippen molar-refractivity contribution in [3.05, 3.63) is 47.3 Å². The summed E-state index contributed by atoms with van der Waals surface area (Å²) in [7, 11) is 0. The average Bonchev–Trinajstić information content (AvgIpc) is 2.93. The van der Waals surface area contributed by atoms with E-state index in [0.717, 1.165) is 5.75 Å². The number of hydrogen-bond acceptors (Lipinski definition) is 5. The lowest BCUT2D eigenvalue weighted by Gasteiger charge is -2.14. The van der Waals surface area contributed by atoms with Gasteiger partial charge in [-0.1, -0.05) is 22.9 Å².